The quantitative estimate of drug-likeness (QED) is 0.410. The second-order valence-electron chi connectivity index (χ2n) is 3.86. The van der Waals surface area contributed by atoms with Gasteiger partial charge in [-0.2, -0.15) is 10.5 Å². The first-order chi connectivity index (χ1) is 6.87. The Morgan fingerprint density at radius 2 is 2.00 bits per heavy atom. The van der Waals surface area contributed by atoms with E-state index in [0.29, 0.717) is 5.01 Å². The summed E-state index contributed by atoms with van der Waals surface area (Å²) in [4.78, 5) is 11.6. The summed E-state index contributed by atoms with van der Waals surface area (Å²) >= 11 is 0. The van der Waals surface area contributed by atoms with E-state index in [2.05, 4.69) is 0 Å². The van der Waals surface area contributed by atoms with Gasteiger partial charge in [0.05, 0.1) is 17.7 Å². The van der Waals surface area contributed by atoms with Crippen LogP contribution >= 0.6 is 0 Å². The van der Waals surface area contributed by atoms with Crippen molar-refractivity contribution in [1.29, 1.82) is 10.5 Å². The molecule has 78 valence electrons. The second kappa shape index (κ2) is 3.26. The zero-order chi connectivity index (χ0) is 11.8. The fourth-order valence-electron chi connectivity index (χ4n) is 1.58. The standard InChI is InChI=1S/C9H11N5O/c1-9(2)5(3-10)7(12)14(13)8(15)6(9)4-11/h6H,12-13H2,1-2H3. The predicted octanol–water partition coefficient (Wildman–Crippen LogP) is -0.438. The molecule has 1 rings (SSSR count). The number of nitriles is 2. The van der Waals surface area contributed by atoms with Gasteiger partial charge in [-0.1, -0.05) is 13.8 Å². The number of carbonyl (C=O) groups is 1. The maximum atomic E-state index is 11.6. The highest BCUT2D eigenvalue weighted by atomic mass is 16.2. The molecule has 0 saturated heterocycles. The molecule has 6 heteroatoms. The highest BCUT2D eigenvalue weighted by molar-refractivity contribution is 5.85. The minimum absolute atomic E-state index is 0.0843. The molecule has 0 spiro atoms. The molecule has 1 atom stereocenters. The van der Waals surface area contributed by atoms with E-state index in [9.17, 15) is 4.79 Å². The van der Waals surface area contributed by atoms with E-state index < -0.39 is 17.2 Å². The molecular formula is C9H11N5O. The molecule has 15 heavy (non-hydrogen) atoms. The molecule has 0 aromatic carbocycles. The Bertz CT molecular complexity index is 423. The lowest BCUT2D eigenvalue weighted by Gasteiger charge is -2.37. The molecule has 0 bridgehead atoms. The van der Waals surface area contributed by atoms with Gasteiger partial charge in [-0.15, -0.1) is 0 Å². The van der Waals surface area contributed by atoms with Crippen LogP contribution in [0.4, 0.5) is 0 Å². The maximum Gasteiger partial charge on any atom is 0.260 e. The fourth-order valence-corrected chi connectivity index (χ4v) is 1.58. The van der Waals surface area contributed by atoms with Gasteiger partial charge in [0, 0.05) is 5.41 Å². The molecule has 1 unspecified atom stereocenters. The number of nitrogens with zero attached hydrogens (tertiary/aromatic N) is 3. The van der Waals surface area contributed by atoms with E-state index >= 15 is 0 Å². The summed E-state index contributed by atoms with van der Waals surface area (Å²) < 4.78 is 0. The Labute approximate surface area is 87.3 Å². The summed E-state index contributed by atoms with van der Waals surface area (Å²) in [5.74, 6) is 3.72. The van der Waals surface area contributed by atoms with Gasteiger partial charge >= 0.3 is 0 Å². The highest BCUT2D eigenvalue weighted by Gasteiger charge is 2.46. The Kier molecular flexibility index (Phi) is 2.40. The van der Waals surface area contributed by atoms with Crippen LogP contribution in [-0.4, -0.2) is 10.9 Å². The summed E-state index contributed by atoms with van der Waals surface area (Å²) in [7, 11) is 0. The van der Waals surface area contributed by atoms with E-state index in [1.54, 1.807) is 13.8 Å². The van der Waals surface area contributed by atoms with Gasteiger partial charge in [0.25, 0.3) is 5.91 Å². The average Bonchev–Trinajstić information content (AvgIpc) is 2.15. The third kappa shape index (κ3) is 1.32. The normalized spacial score (nSPS) is 24.7. The van der Waals surface area contributed by atoms with Crippen molar-refractivity contribution < 1.29 is 4.79 Å². The molecule has 1 heterocycles. The monoisotopic (exact) mass is 205 g/mol. The first-order valence-corrected chi connectivity index (χ1v) is 4.26. The van der Waals surface area contributed by atoms with Crippen molar-refractivity contribution in [2.24, 2.45) is 22.9 Å². The SMILES string of the molecule is CC1(C)C(C#N)=C(N)N(N)C(=O)C1C#N. The number of hydrogen-bond acceptors (Lipinski definition) is 5. The zero-order valence-corrected chi connectivity index (χ0v) is 8.48. The smallest absolute Gasteiger partial charge is 0.260 e. The molecule has 0 fully saturated rings. The van der Waals surface area contributed by atoms with E-state index in [-0.39, 0.29) is 11.4 Å². The minimum atomic E-state index is -0.982. The molecular weight excluding hydrogens is 194 g/mol. The molecule has 0 aromatic rings. The van der Waals surface area contributed by atoms with E-state index in [0.717, 1.165) is 0 Å². The Morgan fingerprint density at radius 3 is 2.40 bits per heavy atom. The topological polar surface area (TPSA) is 120 Å². The number of hydrogen-bond donors (Lipinski definition) is 2. The van der Waals surface area contributed by atoms with Crippen molar-refractivity contribution >= 4 is 5.91 Å². The van der Waals surface area contributed by atoms with Crippen molar-refractivity contribution in [3.63, 3.8) is 0 Å². The zero-order valence-electron chi connectivity index (χ0n) is 8.48. The van der Waals surface area contributed by atoms with Crippen molar-refractivity contribution in [1.82, 2.24) is 5.01 Å². The Hall–Kier alpha value is -2.05. The minimum Gasteiger partial charge on any atom is -0.383 e. The fraction of sp³-hybridized carbons (Fsp3) is 0.444. The summed E-state index contributed by atoms with van der Waals surface area (Å²) in [6, 6.07) is 3.74. The number of nitrogens with two attached hydrogens (primary N) is 2. The van der Waals surface area contributed by atoms with E-state index in [1.807, 2.05) is 12.1 Å². The van der Waals surface area contributed by atoms with Gasteiger partial charge in [0.2, 0.25) is 0 Å². The van der Waals surface area contributed by atoms with Crippen molar-refractivity contribution in [3.05, 3.63) is 11.4 Å². The molecule has 0 aromatic heterocycles. The third-order valence-corrected chi connectivity index (χ3v) is 2.61. The molecule has 0 radical (unpaired) electrons. The van der Waals surface area contributed by atoms with Gasteiger partial charge < -0.3 is 5.73 Å². The third-order valence-electron chi connectivity index (χ3n) is 2.61. The Balaban J connectivity index is 3.45. The van der Waals surface area contributed by atoms with Crippen LogP contribution in [0, 0.1) is 34.0 Å². The van der Waals surface area contributed by atoms with Gasteiger partial charge in [-0.05, 0) is 0 Å². The lowest BCUT2D eigenvalue weighted by Crippen LogP contribution is -2.52. The number of rotatable bonds is 0. The van der Waals surface area contributed by atoms with Crippen LogP contribution in [0.2, 0.25) is 0 Å². The van der Waals surface area contributed by atoms with Crippen LogP contribution in [0.5, 0.6) is 0 Å². The van der Waals surface area contributed by atoms with Crippen LogP contribution in [0.15, 0.2) is 11.4 Å². The first-order valence-electron chi connectivity index (χ1n) is 4.26. The van der Waals surface area contributed by atoms with Crippen molar-refractivity contribution in [2.45, 2.75) is 13.8 Å². The molecule has 4 N–H and O–H groups in total. The van der Waals surface area contributed by atoms with Crippen molar-refractivity contribution in [2.75, 3.05) is 0 Å². The van der Waals surface area contributed by atoms with Gasteiger partial charge in [-0.25, -0.2) is 10.9 Å². The number of amides is 1. The Morgan fingerprint density at radius 1 is 1.47 bits per heavy atom. The lowest BCUT2D eigenvalue weighted by molar-refractivity contribution is -0.136. The summed E-state index contributed by atoms with van der Waals surface area (Å²) in [6.45, 7) is 3.24. The van der Waals surface area contributed by atoms with Crippen LogP contribution in [0.25, 0.3) is 0 Å². The molecule has 1 aliphatic rings. The molecule has 1 aliphatic heterocycles. The first kappa shape index (κ1) is 11.0. The maximum absolute atomic E-state index is 11.6. The summed E-state index contributed by atoms with van der Waals surface area (Å²) in [6.07, 6.45) is 0. The summed E-state index contributed by atoms with van der Waals surface area (Å²) in [5, 5.41) is 18.5. The van der Waals surface area contributed by atoms with Gasteiger partial charge in [0.1, 0.15) is 11.7 Å². The van der Waals surface area contributed by atoms with Gasteiger partial charge in [0.15, 0.2) is 0 Å². The average molecular weight is 205 g/mol. The largest absolute Gasteiger partial charge is 0.383 e. The number of carbonyl (C=O) groups excluding carboxylic acids is 1. The number of allylic oxidation sites excluding steroid dienone is 1. The van der Waals surface area contributed by atoms with E-state index in [1.165, 1.54) is 0 Å². The lowest BCUT2D eigenvalue weighted by atomic mass is 9.71. The molecule has 6 nitrogen and oxygen atoms in total. The molecule has 0 saturated carbocycles. The summed E-state index contributed by atoms with van der Waals surface area (Å²) in [5.41, 5.74) is 4.80. The van der Waals surface area contributed by atoms with Crippen LogP contribution in [0.1, 0.15) is 13.8 Å². The van der Waals surface area contributed by atoms with Gasteiger partial charge in [-0.3, -0.25) is 4.79 Å². The van der Waals surface area contributed by atoms with Crippen molar-refractivity contribution in [3.8, 4) is 12.1 Å². The van der Waals surface area contributed by atoms with Crippen LogP contribution < -0.4 is 11.6 Å². The predicted molar refractivity (Wildman–Crippen MR) is 50.7 cm³/mol. The van der Waals surface area contributed by atoms with Crippen LogP contribution in [0.3, 0.4) is 0 Å². The van der Waals surface area contributed by atoms with E-state index in [4.69, 9.17) is 22.1 Å². The molecule has 1 amide bonds. The number of hydrazine groups is 1. The molecule has 0 aliphatic carbocycles. The highest BCUT2D eigenvalue weighted by Crippen LogP contribution is 2.40. The van der Waals surface area contributed by atoms with Crippen LogP contribution in [-0.2, 0) is 4.79 Å². The second-order valence-corrected chi connectivity index (χ2v) is 3.86.